The van der Waals surface area contributed by atoms with Crippen LogP contribution < -0.4 is 5.73 Å². The summed E-state index contributed by atoms with van der Waals surface area (Å²) in [6.45, 7) is 1.12. The van der Waals surface area contributed by atoms with E-state index in [4.69, 9.17) is 5.73 Å². The molecule has 0 aromatic heterocycles. The van der Waals surface area contributed by atoms with Gasteiger partial charge in [-0.15, -0.1) is 11.8 Å². The van der Waals surface area contributed by atoms with Gasteiger partial charge in [0.05, 0.1) is 0 Å². The number of nitrogens with zero attached hydrogens (tertiary/aromatic N) is 2. The number of amides is 2. The number of thioether (sulfide) groups is 1. The summed E-state index contributed by atoms with van der Waals surface area (Å²) in [5.41, 5.74) is 7.83. The van der Waals surface area contributed by atoms with Crippen molar-refractivity contribution < 1.29 is 19.5 Å². The van der Waals surface area contributed by atoms with Gasteiger partial charge in [0, 0.05) is 24.4 Å². The van der Waals surface area contributed by atoms with Crippen LogP contribution in [0.15, 0.2) is 53.3 Å². The van der Waals surface area contributed by atoms with E-state index in [9.17, 15) is 19.5 Å². The number of allylic oxidation sites excluding steroid dienone is 1. The van der Waals surface area contributed by atoms with Gasteiger partial charge in [0.15, 0.2) is 0 Å². The Labute approximate surface area is 160 Å². The number of rotatable bonds is 4. The van der Waals surface area contributed by atoms with Gasteiger partial charge in [0.25, 0.3) is 0 Å². The molecule has 3 N–H and O–H groups in total. The van der Waals surface area contributed by atoms with Crippen LogP contribution in [0.1, 0.15) is 12.0 Å². The first-order valence-corrected chi connectivity index (χ1v) is 9.72. The Bertz CT molecular complexity index is 880. The van der Waals surface area contributed by atoms with Crippen molar-refractivity contribution in [3.8, 4) is 0 Å². The molecule has 27 heavy (non-hydrogen) atoms. The van der Waals surface area contributed by atoms with E-state index in [2.05, 4.69) is 0 Å². The van der Waals surface area contributed by atoms with Gasteiger partial charge in [-0.2, -0.15) is 0 Å². The summed E-state index contributed by atoms with van der Waals surface area (Å²) in [6, 6.07) is 9.07. The molecule has 8 heteroatoms. The molecule has 1 aromatic rings. The number of hydrogen-bond donors (Lipinski definition) is 2. The monoisotopic (exact) mass is 385 g/mol. The molecule has 0 spiro atoms. The summed E-state index contributed by atoms with van der Waals surface area (Å²) in [5.74, 6) is -1.23. The Morgan fingerprint density at radius 2 is 2.04 bits per heavy atom. The first-order chi connectivity index (χ1) is 13.0. The topological polar surface area (TPSA) is 104 Å². The van der Waals surface area contributed by atoms with E-state index in [1.165, 1.54) is 16.7 Å². The predicted octanol–water partition coefficient (Wildman–Crippen LogP) is 0.926. The van der Waals surface area contributed by atoms with Crippen LogP contribution in [0.4, 0.5) is 0 Å². The molecule has 3 heterocycles. The van der Waals surface area contributed by atoms with Crippen LogP contribution in [-0.4, -0.2) is 56.4 Å². The smallest absolute Gasteiger partial charge is 0.352 e. The normalized spacial score (nSPS) is 26.5. The second-order valence-corrected chi connectivity index (χ2v) is 7.85. The third-order valence-corrected chi connectivity index (χ3v) is 6.34. The van der Waals surface area contributed by atoms with Gasteiger partial charge in [0.1, 0.15) is 17.1 Å². The highest BCUT2D eigenvalue weighted by Crippen LogP contribution is 2.40. The first kappa shape index (κ1) is 17.8. The fourth-order valence-corrected chi connectivity index (χ4v) is 4.87. The third kappa shape index (κ3) is 3.04. The van der Waals surface area contributed by atoms with Crippen LogP contribution in [0.3, 0.4) is 0 Å². The number of benzene rings is 1. The standard InChI is InChI=1S/C19H19N3O4S/c20-14-17(24)22-15(19(25)26)13(10-27-18(14)22)8-12-6-7-21(16(12)23)9-11-4-2-1-3-5-11/h1-5,8,14,18H,6-7,9-10,20H2,(H,25,26)/b12-8+/t14-,18-/m1/s1. The van der Waals surface area contributed by atoms with Gasteiger partial charge < -0.3 is 15.7 Å². The van der Waals surface area contributed by atoms with Gasteiger partial charge in [-0.3, -0.25) is 14.5 Å². The van der Waals surface area contributed by atoms with E-state index in [0.29, 0.717) is 36.4 Å². The Balaban J connectivity index is 1.58. The summed E-state index contributed by atoms with van der Waals surface area (Å²) in [7, 11) is 0. The molecule has 2 atom stereocenters. The minimum absolute atomic E-state index is 0.0488. The number of aliphatic carboxylic acids is 1. The third-order valence-electron chi connectivity index (χ3n) is 5.02. The molecule has 0 bridgehead atoms. The molecule has 0 aliphatic carbocycles. The van der Waals surface area contributed by atoms with Crippen LogP contribution in [-0.2, 0) is 20.9 Å². The average molecular weight is 385 g/mol. The van der Waals surface area contributed by atoms with E-state index < -0.39 is 12.0 Å². The Hall–Kier alpha value is -2.58. The molecule has 0 saturated carbocycles. The summed E-state index contributed by atoms with van der Waals surface area (Å²) in [6.07, 6.45) is 2.21. The summed E-state index contributed by atoms with van der Waals surface area (Å²) >= 11 is 1.43. The summed E-state index contributed by atoms with van der Waals surface area (Å²) in [4.78, 5) is 39.5. The minimum atomic E-state index is -1.17. The minimum Gasteiger partial charge on any atom is -0.477 e. The molecule has 4 rings (SSSR count). The zero-order valence-corrected chi connectivity index (χ0v) is 15.3. The van der Waals surface area contributed by atoms with Crippen molar-refractivity contribution in [1.29, 1.82) is 0 Å². The van der Waals surface area contributed by atoms with Gasteiger partial charge in [-0.1, -0.05) is 30.3 Å². The van der Waals surface area contributed by atoms with Gasteiger partial charge >= 0.3 is 5.97 Å². The Morgan fingerprint density at radius 3 is 2.74 bits per heavy atom. The molecule has 2 saturated heterocycles. The SMILES string of the molecule is N[C@@H]1C(=O)N2C(C(=O)O)=C(/C=C3\CCN(Cc4ccccc4)C3=O)CS[C@H]12. The molecule has 3 aliphatic rings. The maximum Gasteiger partial charge on any atom is 0.352 e. The van der Waals surface area contributed by atoms with Gasteiger partial charge in [-0.25, -0.2) is 4.79 Å². The largest absolute Gasteiger partial charge is 0.477 e. The fourth-order valence-electron chi connectivity index (χ4n) is 3.62. The second-order valence-electron chi connectivity index (χ2n) is 6.75. The van der Waals surface area contributed by atoms with Crippen LogP contribution in [0.25, 0.3) is 0 Å². The first-order valence-electron chi connectivity index (χ1n) is 8.68. The molecular weight excluding hydrogens is 366 g/mol. The number of fused-ring (bicyclic) bond motifs is 1. The number of β-lactam (4-membered cyclic amide) rings is 1. The summed E-state index contributed by atoms with van der Waals surface area (Å²) in [5, 5.41) is 9.26. The summed E-state index contributed by atoms with van der Waals surface area (Å²) < 4.78 is 0. The van der Waals surface area contributed by atoms with Crippen molar-refractivity contribution in [2.75, 3.05) is 12.3 Å². The molecular formula is C19H19N3O4S. The van der Waals surface area contributed by atoms with Crippen LogP contribution in [0, 0.1) is 0 Å². The second kappa shape index (κ2) is 6.86. The van der Waals surface area contributed by atoms with Crippen molar-refractivity contribution in [2.45, 2.75) is 24.4 Å². The molecule has 7 nitrogen and oxygen atoms in total. The lowest BCUT2D eigenvalue weighted by Crippen LogP contribution is -2.68. The van der Waals surface area contributed by atoms with E-state index in [-0.39, 0.29) is 22.9 Å². The van der Waals surface area contributed by atoms with Crippen LogP contribution >= 0.6 is 11.8 Å². The van der Waals surface area contributed by atoms with E-state index >= 15 is 0 Å². The molecule has 0 radical (unpaired) electrons. The highest BCUT2D eigenvalue weighted by atomic mass is 32.2. The van der Waals surface area contributed by atoms with Crippen LogP contribution in [0.2, 0.25) is 0 Å². The fraction of sp³-hybridized carbons (Fsp3) is 0.316. The molecule has 2 amide bonds. The highest BCUT2D eigenvalue weighted by molar-refractivity contribution is 8.00. The number of nitrogens with two attached hydrogens (primary N) is 1. The molecule has 140 valence electrons. The number of carbonyl (C=O) groups excluding carboxylic acids is 2. The van der Waals surface area contributed by atoms with Crippen molar-refractivity contribution in [3.05, 3.63) is 58.8 Å². The number of carbonyl (C=O) groups is 3. The highest BCUT2D eigenvalue weighted by Gasteiger charge is 2.51. The zero-order valence-electron chi connectivity index (χ0n) is 14.5. The maximum absolute atomic E-state index is 12.7. The lowest BCUT2D eigenvalue weighted by Gasteiger charge is -2.47. The quantitative estimate of drug-likeness (QED) is 0.590. The van der Waals surface area contributed by atoms with Gasteiger partial charge in [0.2, 0.25) is 11.8 Å². The average Bonchev–Trinajstić information content (AvgIpc) is 3.01. The Morgan fingerprint density at radius 1 is 1.30 bits per heavy atom. The zero-order chi connectivity index (χ0) is 19.1. The molecule has 1 aromatic carbocycles. The number of likely N-dealkylation sites (tertiary alicyclic amines) is 1. The van der Waals surface area contributed by atoms with E-state index in [0.717, 1.165) is 5.56 Å². The van der Waals surface area contributed by atoms with E-state index in [1.807, 2.05) is 30.3 Å². The number of carboxylic acid groups (broad SMARTS) is 1. The molecule has 2 fully saturated rings. The number of hydrogen-bond acceptors (Lipinski definition) is 5. The van der Waals surface area contributed by atoms with Gasteiger partial charge in [-0.05, 0) is 23.6 Å². The van der Waals surface area contributed by atoms with Crippen LogP contribution in [0.5, 0.6) is 0 Å². The van der Waals surface area contributed by atoms with Crippen molar-refractivity contribution in [1.82, 2.24) is 9.80 Å². The van der Waals surface area contributed by atoms with Crippen molar-refractivity contribution in [2.24, 2.45) is 5.73 Å². The number of carboxylic acids is 1. The van der Waals surface area contributed by atoms with Crippen molar-refractivity contribution >= 4 is 29.5 Å². The lowest BCUT2D eigenvalue weighted by molar-refractivity contribution is -0.147. The maximum atomic E-state index is 12.7. The lowest BCUT2D eigenvalue weighted by atomic mass is 10.0. The molecule has 3 aliphatic heterocycles. The molecule has 0 unspecified atom stereocenters. The van der Waals surface area contributed by atoms with E-state index in [1.54, 1.807) is 11.0 Å². The Kier molecular flexibility index (Phi) is 4.53. The predicted molar refractivity (Wildman–Crippen MR) is 100 cm³/mol. The van der Waals surface area contributed by atoms with Crippen molar-refractivity contribution in [3.63, 3.8) is 0 Å².